The second-order valence-electron chi connectivity index (χ2n) is 6.62. The molecular weight excluding hydrogens is 290 g/mol. The van der Waals surface area contributed by atoms with E-state index in [1.165, 1.54) is 0 Å². The monoisotopic (exact) mass is 313 g/mol. The number of fused-ring (bicyclic) bond motifs is 1. The molecule has 122 valence electrons. The van der Waals surface area contributed by atoms with Gasteiger partial charge in [0.25, 0.3) is 0 Å². The largest absolute Gasteiger partial charge is 0.393 e. The molecular formula is C18H23N3O2. The van der Waals surface area contributed by atoms with Crippen molar-refractivity contribution >= 4 is 16.9 Å². The van der Waals surface area contributed by atoms with E-state index < -0.39 is 0 Å². The number of hydrogen-bond acceptors (Lipinski definition) is 5. The van der Waals surface area contributed by atoms with Gasteiger partial charge >= 0.3 is 0 Å². The molecule has 0 radical (unpaired) electrons. The molecule has 2 saturated heterocycles. The Balaban J connectivity index is 1.69. The summed E-state index contributed by atoms with van der Waals surface area (Å²) in [5, 5.41) is 10.4. The number of aromatic nitrogens is 2. The Morgan fingerprint density at radius 3 is 2.74 bits per heavy atom. The number of aliphatic hydroxyl groups excluding tert-OH is 1. The molecule has 3 heterocycles. The third-order valence-electron chi connectivity index (χ3n) is 5.15. The molecule has 1 aromatic carbocycles. The molecule has 0 spiro atoms. The topological polar surface area (TPSA) is 58.5 Å². The van der Waals surface area contributed by atoms with Crippen LogP contribution in [0.5, 0.6) is 0 Å². The van der Waals surface area contributed by atoms with E-state index in [1.807, 2.05) is 31.2 Å². The first-order valence-corrected chi connectivity index (χ1v) is 8.50. The van der Waals surface area contributed by atoms with Gasteiger partial charge in [0.1, 0.15) is 0 Å². The van der Waals surface area contributed by atoms with Crippen molar-refractivity contribution in [2.24, 2.45) is 5.92 Å². The maximum Gasteiger partial charge on any atom is 0.151 e. The van der Waals surface area contributed by atoms with Crippen molar-refractivity contribution < 1.29 is 9.84 Å². The number of hydrogen-bond donors (Lipinski definition) is 1. The third-order valence-corrected chi connectivity index (χ3v) is 5.15. The molecule has 23 heavy (non-hydrogen) atoms. The van der Waals surface area contributed by atoms with Crippen molar-refractivity contribution in [3.8, 4) is 0 Å². The zero-order valence-electron chi connectivity index (χ0n) is 13.5. The standard InChI is InChI=1S/C18H23N3O2/c1-12-18(20-15-6-3-2-5-14(15)19-12)21-9-4-7-16(21)13-11-23-10-8-17(13)22/h2-3,5-6,13,16-17,22H,4,7-11H2,1H3. The summed E-state index contributed by atoms with van der Waals surface area (Å²) in [7, 11) is 0. The van der Waals surface area contributed by atoms with Gasteiger partial charge in [-0.3, -0.25) is 0 Å². The quantitative estimate of drug-likeness (QED) is 0.922. The summed E-state index contributed by atoms with van der Waals surface area (Å²) >= 11 is 0. The summed E-state index contributed by atoms with van der Waals surface area (Å²) in [5.74, 6) is 1.13. The maximum absolute atomic E-state index is 10.4. The molecule has 2 aliphatic heterocycles. The molecule has 4 rings (SSSR count). The van der Waals surface area contributed by atoms with E-state index in [0.29, 0.717) is 19.3 Å². The zero-order valence-corrected chi connectivity index (χ0v) is 13.5. The van der Waals surface area contributed by atoms with E-state index >= 15 is 0 Å². The van der Waals surface area contributed by atoms with E-state index in [1.54, 1.807) is 0 Å². The molecule has 2 fully saturated rings. The number of rotatable bonds is 2. The molecule has 5 nitrogen and oxygen atoms in total. The lowest BCUT2D eigenvalue weighted by Gasteiger charge is -2.37. The number of aliphatic hydroxyl groups is 1. The predicted molar refractivity (Wildman–Crippen MR) is 89.6 cm³/mol. The molecule has 0 bridgehead atoms. The van der Waals surface area contributed by atoms with Crippen LogP contribution >= 0.6 is 0 Å². The fourth-order valence-corrected chi connectivity index (χ4v) is 3.97. The summed E-state index contributed by atoms with van der Waals surface area (Å²) in [6.45, 7) is 4.31. The highest BCUT2D eigenvalue weighted by atomic mass is 16.5. The van der Waals surface area contributed by atoms with Crippen molar-refractivity contribution in [3.05, 3.63) is 30.0 Å². The Labute approximate surface area is 136 Å². The lowest BCUT2D eigenvalue weighted by molar-refractivity contribution is -0.0438. The van der Waals surface area contributed by atoms with Crippen molar-refractivity contribution in [2.75, 3.05) is 24.7 Å². The number of benzene rings is 1. The van der Waals surface area contributed by atoms with Crippen LogP contribution in [0.3, 0.4) is 0 Å². The normalized spacial score (nSPS) is 28.4. The van der Waals surface area contributed by atoms with E-state index in [-0.39, 0.29) is 12.0 Å². The van der Waals surface area contributed by atoms with Gasteiger partial charge in [-0.1, -0.05) is 12.1 Å². The Morgan fingerprint density at radius 2 is 1.96 bits per heavy atom. The summed E-state index contributed by atoms with van der Waals surface area (Å²) in [6, 6.07) is 8.29. The second kappa shape index (κ2) is 6.06. The predicted octanol–water partition coefficient (Wildman–Crippen LogP) is 2.30. The molecule has 0 aliphatic carbocycles. The van der Waals surface area contributed by atoms with Crippen LogP contribution in [-0.4, -0.2) is 47.0 Å². The Kier molecular flexibility index (Phi) is 3.91. The van der Waals surface area contributed by atoms with Gasteiger partial charge in [0.15, 0.2) is 5.82 Å². The molecule has 3 atom stereocenters. The third kappa shape index (κ3) is 2.68. The van der Waals surface area contributed by atoms with E-state index in [4.69, 9.17) is 14.7 Å². The number of para-hydroxylation sites is 2. The summed E-state index contributed by atoms with van der Waals surface area (Å²) < 4.78 is 5.63. The first-order valence-electron chi connectivity index (χ1n) is 8.50. The number of aryl methyl sites for hydroxylation is 1. The highest BCUT2D eigenvalue weighted by Gasteiger charge is 2.38. The van der Waals surface area contributed by atoms with Gasteiger partial charge in [-0.15, -0.1) is 0 Å². The van der Waals surface area contributed by atoms with E-state index in [2.05, 4.69) is 4.90 Å². The molecule has 1 aromatic heterocycles. The number of nitrogens with zero attached hydrogens (tertiary/aromatic N) is 3. The second-order valence-corrected chi connectivity index (χ2v) is 6.62. The SMILES string of the molecule is Cc1nc2ccccc2nc1N1CCCC1C1COCCC1O. The van der Waals surface area contributed by atoms with Gasteiger partial charge in [-0.2, -0.15) is 0 Å². The smallest absolute Gasteiger partial charge is 0.151 e. The van der Waals surface area contributed by atoms with Gasteiger partial charge in [-0.25, -0.2) is 9.97 Å². The maximum atomic E-state index is 10.4. The zero-order chi connectivity index (χ0) is 15.8. The fraction of sp³-hybridized carbons (Fsp3) is 0.556. The van der Waals surface area contributed by atoms with Crippen molar-refractivity contribution in [3.63, 3.8) is 0 Å². The molecule has 2 aromatic rings. The fourth-order valence-electron chi connectivity index (χ4n) is 3.97. The van der Waals surface area contributed by atoms with Gasteiger partial charge in [0, 0.05) is 25.1 Å². The van der Waals surface area contributed by atoms with Gasteiger partial charge < -0.3 is 14.7 Å². The minimum Gasteiger partial charge on any atom is -0.393 e. The highest BCUT2D eigenvalue weighted by Crippen LogP contribution is 2.34. The number of ether oxygens (including phenoxy) is 1. The highest BCUT2D eigenvalue weighted by molar-refractivity contribution is 5.76. The van der Waals surface area contributed by atoms with Crippen LogP contribution in [-0.2, 0) is 4.74 Å². The molecule has 1 N–H and O–H groups in total. The first kappa shape index (κ1) is 14.8. The lowest BCUT2D eigenvalue weighted by Crippen LogP contribution is -2.46. The van der Waals surface area contributed by atoms with E-state index in [9.17, 15) is 5.11 Å². The van der Waals surface area contributed by atoms with Gasteiger partial charge in [0.2, 0.25) is 0 Å². The average molecular weight is 313 g/mol. The summed E-state index contributed by atoms with van der Waals surface area (Å²) in [5.41, 5.74) is 2.83. The van der Waals surface area contributed by atoms with Crippen LogP contribution in [0.25, 0.3) is 11.0 Å². The summed E-state index contributed by atoms with van der Waals surface area (Å²) in [4.78, 5) is 11.9. The molecule has 5 heteroatoms. The Bertz CT molecular complexity index is 706. The van der Waals surface area contributed by atoms with Crippen LogP contribution in [0.4, 0.5) is 5.82 Å². The molecule has 0 amide bonds. The summed E-state index contributed by atoms with van der Waals surface area (Å²) in [6.07, 6.45) is 2.67. The molecule has 0 saturated carbocycles. The van der Waals surface area contributed by atoms with Crippen LogP contribution < -0.4 is 4.90 Å². The Morgan fingerprint density at radius 1 is 1.17 bits per heavy atom. The van der Waals surface area contributed by atoms with E-state index in [0.717, 1.165) is 48.4 Å². The van der Waals surface area contributed by atoms with Crippen LogP contribution in [0.2, 0.25) is 0 Å². The molecule has 2 aliphatic rings. The molecule has 3 unspecified atom stereocenters. The van der Waals surface area contributed by atoms with Crippen molar-refractivity contribution in [2.45, 2.75) is 38.3 Å². The van der Waals surface area contributed by atoms with Crippen LogP contribution in [0.15, 0.2) is 24.3 Å². The van der Waals surface area contributed by atoms with Gasteiger partial charge in [0.05, 0.1) is 29.4 Å². The van der Waals surface area contributed by atoms with Crippen LogP contribution in [0, 0.1) is 12.8 Å². The van der Waals surface area contributed by atoms with Crippen molar-refractivity contribution in [1.29, 1.82) is 0 Å². The lowest BCUT2D eigenvalue weighted by atomic mass is 9.89. The average Bonchev–Trinajstić information content (AvgIpc) is 3.03. The van der Waals surface area contributed by atoms with Gasteiger partial charge in [-0.05, 0) is 38.3 Å². The number of anilines is 1. The first-order chi connectivity index (χ1) is 11.2. The minimum atomic E-state index is -0.275. The Hall–Kier alpha value is -1.72. The van der Waals surface area contributed by atoms with Crippen LogP contribution in [0.1, 0.15) is 25.0 Å². The minimum absolute atomic E-state index is 0.166. The van der Waals surface area contributed by atoms with Crippen molar-refractivity contribution in [1.82, 2.24) is 9.97 Å².